The summed E-state index contributed by atoms with van der Waals surface area (Å²) in [5.74, 6) is -0.134. The molecule has 23 heavy (non-hydrogen) atoms. The monoisotopic (exact) mass is 328 g/mol. The van der Waals surface area contributed by atoms with Crippen molar-refractivity contribution in [1.29, 1.82) is 0 Å². The molecule has 2 amide bonds. The average molecular weight is 328 g/mol. The number of hydrogen-bond donors (Lipinski definition) is 1. The summed E-state index contributed by atoms with van der Waals surface area (Å²) < 4.78 is 10.8. The van der Waals surface area contributed by atoms with E-state index < -0.39 is 5.60 Å². The first-order valence-corrected chi connectivity index (χ1v) is 8.56. The first kappa shape index (κ1) is 19.7. The Hall–Kier alpha value is -1.30. The van der Waals surface area contributed by atoms with Crippen molar-refractivity contribution >= 4 is 12.0 Å². The highest BCUT2D eigenvalue weighted by Gasteiger charge is 2.30. The average Bonchev–Trinajstić information content (AvgIpc) is 2.44. The van der Waals surface area contributed by atoms with Crippen molar-refractivity contribution in [2.75, 3.05) is 26.2 Å². The van der Waals surface area contributed by atoms with Gasteiger partial charge in [-0.2, -0.15) is 0 Å². The first-order valence-electron chi connectivity index (χ1n) is 8.56. The Morgan fingerprint density at radius 1 is 1.30 bits per heavy atom. The van der Waals surface area contributed by atoms with Crippen LogP contribution in [-0.2, 0) is 14.3 Å². The lowest BCUT2D eigenvalue weighted by Crippen LogP contribution is -2.47. The second-order valence-electron chi connectivity index (χ2n) is 7.33. The van der Waals surface area contributed by atoms with E-state index in [-0.39, 0.29) is 24.0 Å². The van der Waals surface area contributed by atoms with Gasteiger partial charge in [-0.3, -0.25) is 4.79 Å². The van der Waals surface area contributed by atoms with E-state index in [2.05, 4.69) is 5.32 Å². The molecule has 0 aromatic carbocycles. The molecule has 0 saturated carbocycles. The fourth-order valence-electron chi connectivity index (χ4n) is 2.43. The summed E-state index contributed by atoms with van der Waals surface area (Å²) in [7, 11) is 0. The number of hydrogen-bond acceptors (Lipinski definition) is 4. The Kier molecular flexibility index (Phi) is 7.82. The fourth-order valence-corrected chi connectivity index (χ4v) is 2.43. The molecule has 0 radical (unpaired) electrons. The Morgan fingerprint density at radius 2 is 2.00 bits per heavy atom. The van der Waals surface area contributed by atoms with E-state index in [1.807, 2.05) is 34.6 Å². The quantitative estimate of drug-likeness (QED) is 0.761. The van der Waals surface area contributed by atoms with Crippen LogP contribution in [0.1, 0.15) is 53.9 Å². The molecule has 134 valence electrons. The van der Waals surface area contributed by atoms with E-state index in [4.69, 9.17) is 9.47 Å². The SMILES string of the molecule is CC(C)OCCCNC(=O)C1CCCN(C(=O)OC(C)(C)C)C1. The highest BCUT2D eigenvalue weighted by Crippen LogP contribution is 2.19. The Morgan fingerprint density at radius 3 is 2.61 bits per heavy atom. The lowest BCUT2D eigenvalue weighted by molar-refractivity contribution is -0.126. The van der Waals surface area contributed by atoms with Crippen LogP contribution in [-0.4, -0.2) is 54.8 Å². The Bertz CT molecular complexity index is 391. The van der Waals surface area contributed by atoms with Crippen molar-refractivity contribution in [3.05, 3.63) is 0 Å². The maximum absolute atomic E-state index is 12.2. The molecule has 1 unspecified atom stereocenters. The largest absolute Gasteiger partial charge is 0.444 e. The molecule has 0 spiro atoms. The normalized spacial score (nSPS) is 18.9. The van der Waals surface area contributed by atoms with Crippen LogP contribution in [0.3, 0.4) is 0 Å². The highest BCUT2D eigenvalue weighted by atomic mass is 16.6. The zero-order valence-corrected chi connectivity index (χ0v) is 15.2. The van der Waals surface area contributed by atoms with E-state index in [0.29, 0.717) is 26.2 Å². The standard InChI is InChI=1S/C17H32N2O4/c1-13(2)22-11-7-9-18-15(20)14-8-6-10-19(12-14)16(21)23-17(3,4)5/h13-14H,6-12H2,1-5H3,(H,18,20). The number of nitrogens with zero attached hydrogens (tertiary/aromatic N) is 1. The molecule has 0 bridgehead atoms. The van der Waals surface area contributed by atoms with Gasteiger partial charge in [-0.25, -0.2) is 4.79 Å². The van der Waals surface area contributed by atoms with Crippen LogP contribution in [0.4, 0.5) is 4.79 Å². The van der Waals surface area contributed by atoms with E-state index in [1.54, 1.807) is 4.90 Å². The molecule has 1 N–H and O–H groups in total. The first-order chi connectivity index (χ1) is 10.7. The zero-order valence-electron chi connectivity index (χ0n) is 15.2. The number of carbonyl (C=O) groups is 2. The number of amides is 2. The summed E-state index contributed by atoms with van der Waals surface area (Å²) >= 11 is 0. The molecule has 0 aromatic heterocycles. The molecule has 0 aromatic rings. The maximum Gasteiger partial charge on any atom is 0.410 e. The third-order valence-electron chi connectivity index (χ3n) is 3.52. The van der Waals surface area contributed by atoms with Gasteiger partial charge in [-0.15, -0.1) is 0 Å². The van der Waals surface area contributed by atoms with Crippen LogP contribution in [0.2, 0.25) is 0 Å². The van der Waals surface area contributed by atoms with Crippen molar-refractivity contribution in [3.8, 4) is 0 Å². The van der Waals surface area contributed by atoms with Crippen molar-refractivity contribution < 1.29 is 19.1 Å². The summed E-state index contributed by atoms with van der Waals surface area (Å²) in [4.78, 5) is 26.0. The number of piperidine rings is 1. The smallest absolute Gasteiger partial charge is 0.410 e. The van der Waals surface area contributed by atoms with Crippen molar-refractivity contribution in [2.45, 2.75) is 65.6 Å². The lowest BCUT2D eigenvalue weighted by atomic mass is 9.97. The van der Waals surface area contributed by atoms with Gasteiger partial charge in [0.2, 0.25) is 5.91 Å². The summed E-state index contributed by atoms with van der Waals surface area (Å²) in [6.07, 6.45) is 2.32. The minimum Gasteiger partial charge on any atom is -0.444 e. The van der Waals surface area contributed by atoms with Crippen molar-refractivity contribution in [2.24, 2.45) is 5.92 Å². The van der Waals surface area contributed by atoms with Crippen LogP contribution in [0.15, 0.2) is 0 Å². The minimum absolute atomic E-state index is 0.0165. The van der Waals surface area contributed by atoms with Crippen LogP contribution < -0.4 is 5.32 Å². The van der Waals surface area contributed by atoms with Gasteiger partial charge in [0.05, 0.1) is 12.0 Å². The minimum atomic E-state index is -0.511. The van der Waals surface area contributed by atoms with E-state index in [0.717, 1.165) is 19.3 Å². The molecular formula is C17H32N2O4. The van der Waals surface area contributed by atoms with Gasteiger partial charge in [0.1, 0.15) is 5.60 Å². The molecule has 1 saturated heterocycles. The molecule has 1 heterocycles. The topological polar surface area (TPSA) is 67.9 Å². The van der Waals surface area contributed by atoms with Gasteiger partial charge in [0, 0.05) is 26.2 Å². The molecule has 1 fully saturated rings. The van der Waals surface area contributed by atoms with Gasteiger partial charge in [-0.1, -0.05) is 0 Å². The van der Waals surface area contributed by atoms with Gasteiger partial charge in [0.15, 0.2) is 0 Å². The van der Waals surface area contributed by atoms with E-state index >= 15 is 0 Å². The van der Waals surface area contributed by atoms with Crippen LogP contribution in [0.25, 0.3) is 0 Å². The second-order valence-corrected chi connectivity index (χ2v) is 7.33. The van der Waals surface area contributed by atoms with Crippen LogP contribution >= 0.6 is 0 Å². The van der Waals surface area contributed by atoms with Crippen LogP contribution in [0.5, 0.6) is 0 Å². The molecular weight excluding hydrogens is 296 g/mol. The predicted molar refractivity (Wildman–Crippen MR) is 89.2 cm³/mol. The number of nitrogens with one attached hydrogen (secondary N) is 1. The molecule has 1 aliphatic rings. The summed E-state index contributed by atoms with van der Waals surface area (Å²) in [6, 6.07) is 0. The number of rotatable bonds is 6. The third kappa shape index (κ3) is 8.21. The van der Waals surface area contributed by atoms with Crippen molar-refractivity contribution in [1.82, 2.24) is 10.2 Å². The van der Waals surface area contributed by atoms with E-state index in [9.17, 15) is 9.59 Å². The molecule has 1 aliphatic heterocycles. The summed E-state index contributed by atoms with van der Waals surface area (Å²) in [6.45, 7) is 11.9. The summed E-state index contributed by atoms with van der Waals surface area (Å²) in [5, 5.41) is 2.94. The van der Waals surface area contributed by atoms with E-state index in [1.165, 1.54) is 0 Å². The number of likely N-dealkylation sites (tertiary alicyclic amines) is 1. The van der Waals surface area contributed by atoms with Gasteiger partial charge in [0.25, 0.3) is 0 Å². The van der Waals surface area contributed by atoms with Gasteiger partial charge >= 0.3 is 6.09 Å². The fraction of sp³-hybridized carbons (Fsp3) is 0.882. The molecule has 1 atom stereocenters. The van der Waals surface area contributed by atoms with Gasteiger partial charge in [-0.05, 0) is 53.9 Å². The predicted octanol–water partition coefficient (Wildman–Crippen LogP) is 2.56. The van der Waals surface area contributed by atoms with Crippen molar-refractivity contribution in [3.63, 3.8) is 0 Å². The molecule has 6 nitrogen and oxygen atoms in total. The number of carbonyl (C=O) groups excluding carboxylic acids is 2. The second kappa shape index (κ2) is 9.11. The lowest BCUT2D eigenvalue weighted by Gasteiger charge is -2.33. The maximum atomic E-state index is 12.2. The molecule has 1 rings (SSSR count). The number of ether oxygens (including phenoxy) is 2. The van der Waals surface area contributed by atoms with Gasteiger partial charge < -0.3 is 19.7 Å². The zero-order chi connectivity index (χ0) is 17.5. The summed E-state index contributed by atoms with van der Waals surface area (Å²) in [5.41, 5.74) is -0.511. The molecule has 0 aliphatic carbocycles. The highest BCUT2D eigenvalue weighted by molar-refractivity contribution is 5.80. The molecule has 6 heteroatoms. The Labute approximate surface area is 139 Å². The van der Waals surface area contributed by atoms with Crippen LogP contribution in [0, 0.1) is 5.92 Å². The Balaban J connectivity index is 2.33. The third-order valence-corrected chi connectivity index (χ3v) is 3.52.